The number of alkyl halides is 6. The van der Waals surface area contributed by atoms with Crippen LogP contribution in [0.2, 0.25) is 0 Å². The number of carboxylic acid groups (broad SMARTS) is 1. The third-order valence-electron chi connectivity index (χ3n) is 1.78. The van der Waals surface area contributed by atoms with Crippen molar-refractivity contribution in [1.82, 2.24) is 10.2 Å². The quantitative estimate of drug-likeness (QED) is 0.821. The molecule has 10 heteroatoms. The van der Waals surface area contributed by atoms with Gasteiger partial charge in [-0.15, -0.1) is 0 Å². The van der Waals surface area contributed by atoms with Gasteiger partial charge in [-0.2, -0.15) is 27.1 Å². The number of halogens is 6. The molecular weight excluding hydrogens is 258 g/mol. The molecule has 0 aliphatic rings. The van der Waals surface area contributed by atoms with E-state index in [1.165, 1.54) is 0 Å². The Morgan fingerprint density at radius 3 is 2.24 bits per heavy atom. The summed E-state index contributed by atoms with van der Waals surface area (Å²) in [7, 11) is 0. The fourth-order valence-electron chi connectivity index (χ4n) is 0.906. The van der Waals surface area contributed by atoms with E-state index in [4.69, 9.17) is 5.11 Å². The van der Waals surface area contributed by atoms with E-state index in [2.05, 4.69) is 5.10 Å². The molecule has 1 rings (SSSR count). The van der Waals surface area contributed by atoms with Crippen molar-refractivity contribution in [2.45, 2.75) is 18.3 Å². The zero-order chi connectivity index (χ0) is 13.4. The second-order valence-electron chi connectivity index (χ2n) is 2.99. The normalized spacial score (nSPS) is 14.7. The lowest BCUT2D eigenvalue weighted by Crippen LogP contribution is -2.40. The van der Waals surface area contributed by atoms with Crippen LogP contribution in [-0.4, -0.2) is 33.4 Å². The minimum atomic E-state index is -6.09. The summed E-state index contributed by atoms with van der Waals surface area (Å²) in [5, 5.41) is 12.7. The predicted molar refractivity (Wildman–Crippen MR) is 40.4 cm³/mol. The Labute approximate surface area is 89.2 Å². The number of carboxylic acids is 1. The number of nitrogens with one attached hydrogen (secondary N) is 1. The van der Waals surface area contributed by atoms with Gasteiger partial charge in [0.15, 0.2) is 0 Å². The zero-order valence-electron chi connectivity index (χ0n) is 7.73. The molecule has 0 fully saturated rings. The Balaban J connectivity index is 3.04. The Hall–Kier alpha value is -1.74. The zero-order valence-corrected chi connectivity index (χ0v) is 7.73. The lowest BCUT2D eigenvalue weighted by molar-refractivity contribution is -0.305. The Morgan fingerprint density at radius 1 is 1.35 bits per heavy atom. The fraction of sp³-hybridized carbons (Fsp3) is 0.429. The van der Waals surface area contributed by atoms with E-state index in [0.29, 0.717) is 0 Å². The fourth-order valence-corrected chi connectivity index (χ4v) is 0.906. The molecule has 1 atom stereocenters. The molecular formula is C7H4F6N2O2. The molecule has 0 radical (unpaired) electrons. The van der Waals surface area contributed by atoms with Crippen LogP contribution in [0.5, 0.6) is 0 Å². The first-order valence-electron chi connectivity index (χ1n) is 3.94. The summed E-state index contributed by atoms with van der Waals surface area (Å²) >= 11 is 0. The van der Waals surface area contributed by atoms with E-state index in [-0.39, 0.29) is 6.07 Å². The van der Waals surface area contributed by atoms with Crippen molar-refractivity contribution in [3.8, 4) is 0 Å². The van der Waals surface area contributed by atoms with Gasteiger partial charge in [-0.3, -0.25) is 5.10 Å². The molecule has 17 heavy (non-hydrogen) atoms. The number of aromatic carboxylic acids is 1. The SMILES string of the molecule is O=C(O)c1cc(C(F)C(F)(F)C(F)(F)F)n[nH]1. The average Bonchev–Trinajstić information content (AvgIpc) is 2.63. The summed E-state index contributed by atoms with van der Waals surface area (Å²) in [6.45, 7) is 0. The second-order valence-corrected chi connectivity index (χ2v) is 2.99. The number of aromatic amines is 1. The number of carbonyl (C=O) groups is 1. The Morgan fingerprint density at radius 2 is 1.88 bits per heavy atom. The number of H-pyrrole nitrogens is 1. The lowest BCUT2D eigenvalue weighted by atomic mass is 10.1. The summed E-state index contributed by atoms with van der Waals surface area (Å²) in [6, 6.07) is 0.270. The van der Waals surface area contributed by atoms with Crippen molar-refractivity contribution in [2.24, 2.45) is 0 Å². The molecule has 4 nitrogen and oxygen atoms in total. The second kappa shape index (κ2) is 3.93. The molecule has 1 unspecified atom stereocenters. The number of hydrogen-bond donors (Lipinski definition) is 2. The smallest absolute Gasteiger partial charge is 0.456 e. The van der Waals surface area contributed by atoms with Gasteiger partial charge in [0.1, 0.15) is 11.4 Å². The highest BCUT2D eigenvalue weighted by Crippen LogP contribution is 2.46. The highest BCUT2D eigenvalue weighted by Gasteiger charge is 2.64. The molecule has 2 N–H and O–H groups in total. The van der Waals surface area contributed by atoms with E-state index in [1.54, 1.807) is 5.10 Å². The Kier molecular flexibility index (Phi) is 3.08. The van der Waals surface area contributed by atoms with Gasteiger partial charge in [0, 0.05) is 0 Å². The molecule has 0 aliphatic carbocycles. The molecule has 0 bridgehead atoms. The maximum absolute atomic E-state index is 12.9. The first-order chi connectivity index (χ1) is 7.57. The molecule has 0 saturated heterocycles. The average molecular weight is 262 g/mol. The third kappa shape index (κ3) is 2.34. The molecule has 96 valence electrons. The minimum absolute atomic E-state index is 0.270. The van der Waals surface area contributed by atoms with E-state index >= 15 is 0 Å². The number of hydrogen-bond acceptors (Lipinski definition) is 2. The lowest BCUT2D eigenvalue weighted by Gasteiger charge is -2.21. The summed E-state index contributed by atoms with van der Waals surface area (Å²) in [5.74, 6) is -7.30. The van der Waals surface area contributed by atoms with Gasteiger partial charge in [0.05, 0.1) is 0 Å². The summed E-state index contributed by atoms with van der Waals surface area (Å²) < 4.78 is 73.3. The van der Waals surface area contributed by atoms with Crippen LogP contribution in [0.15, 0.2) is 6.07 Å². The van der Waals surface area contributed by atoms with Crippen LogP contribution in [0, 0.1) is 0 Å². The topological polar surface area (TPSA) is 66.0 Å². The van der Waals surface area contributed by atoms with E-state index in [0.717, 1.165) is 0 Å². The van der Waals surface area contributed by atoms with Gasteiger partial charge in [0.2, 0.25) is 6.17 Å². The van der Waals surface area contributed by atoms with Crippen molar-refractivity contribution >= 4 is 5.97 Å². The van der Waals surface area contributed by atoms with Gasteiger partial charge >= 0.3 is 18.1 Å². The van der Waals surface area contributed by atoms with E-state index < -0.39 is 35.6 Å². The van der Waals surface area contributed by atoms with Crippen molar-refractivity contribution < 1.29 is 36.2 Å². The number of rotatable bonds is 3. The summed E-state index contributed by atoms with van der Waals surface area (Å²) in [6.07, 6.45) is -9.86. The molecule has 1 aromatic heterocycles. The maximum Gasteiger partial charge on any atom is 0.456 e. The predicted octanol–water partition coefficient (Wildman–Crippen LogP) is 2.32. The number of aromatic nitrogens is 2. The highest BCUT2D eigenvalue weighted by atomic mass is 19.4. The van der Waals surface area contributed by atoms with Gasteiger partial charge in [0.25, 0.3) is 0 Å². The molecule has 0 amide bonds. The summed E-state index contributed by atoms with van der Waals surface area (Å²) in [4.78, 5) is 10.3. The van der Waals surface area contributed by atoms with Crippen LogP contribution in [0.3, 0.4) is 0 Å². The third-order valence-corrected chi connectivity index (χ3v) is 1.78. The number of nitrogens with zero attached hydrogens (tertiary/aromatic N) is 1. The maximum atomic E-state index is 12.9. The van der Waals surface area contributed by atoms with Crippen molar-refractivity contribution in [3.63, 3.8) is 0 Å². The standard InChI is InChI=1S/C7H4F6N2O2/c8-4(6(9,10)7(11,12)13)2-1-3(5(16)17)15-14-2/h1,4H,(H,14,15)(H,16,17). The first-order valence-corrected chi connectivity index (χ1v) is 3.94. The van der Waals surface area contributed by atoms with Gasteiger partial charge < -0.3 is 5.11 Å². The van der Waals surface area contributed by atoms with Crippen LogP contribution >= 0.6 is 0 Å². The first kappa shape index (κ1) is 13.3. The van der Waals surface area contributed by atoms with Crippen LogP contribution in [0.25, 0.3) is 0 Å². The van der Waals surface area contributed by atoms with Crippen LogP contribution in [0.1, 0.15) is 22.4 Å². The van der Waals surface area contributed by atoms with E-state index in [9.17, 15) is 31.1 Å². The van der Waals surface area contributed by atoms with Crippen LogP contribution < -0.4 is 0 Å². The monoisotopic (exact) mass is 262 g/mol. The largest absolute Gasteiger partial charge is 0.477 e. The molecule has 0 saturated carbocycles. The van der Waals surface area contributed by atoms with E-state index in [1.807, 2.05) is 0 Å². The van der Waals surface area contributed by atoms with Crippen molar-refractivity contribution in [2.75, 3.05) is 0 Å². The van der Waals surface area contributed by atoms with Gasteiger partial charge in [-0.25, -0.2) is 9.18 Å². The van der Waals surface area contributed by atoms with Crippen LogP contribution in [0.4, 0.5) is 26.3 Å². The molecule has 0 aliphatic heterocycles. The molecule has 1 heterocycles. The molecule has 0 spiro atoms. The van der Waals surface area contributed by atoms with Crippen molar-refractivity contribution in [3.05, 3.63) is 17.5 Å². The van der Waals surface area contributed by atoms with Crippen LogP contribution in [-0.2, 0) is 0 Å². The molecule has 0 aromatic carbocycles. The van der Waals surface area contributed by atoms with Crippen molar-refractivity contribution in [1.29, 1.82) is 0 Å². The minimum Gasteiger partial charge on any atom is -0.477 e. The van der Waals surface area contributed by atoms with Gasteiger partial charge in [-0.1, -0.05) is 0 Å². The highest BCUT2D eigenvalue weighted by molar-refractivity contribution is 5.85. The Bertz CT molecular complexity index is 426. The molecule has 1 aromatic rings. The van der Waals surface area contributed by atoms with Gasteiger partial charge in [-0.05, 0) is 6.07 Å². The summed E-state index contributed by atoms with van der Waals surface area (Å²) in [5.41, 5.74) is -2.12.